The molecule has 82 valence electrons. The van der Waals surface area contributed by atoms with Gasteiger partial charge in [0, 0.05) is 11.6 Å². The number of aliphatic hydroxyl groups is 1. The van der Waals surface area contributed by atoms with Gasteiger partial charge in [-0.3, -0.25) is 4.98 Å². The quantitative estimate of drug-likeness (QED) is 0.850. The van der Waals surface area contributed by atoms with Crippen LogP contribution in [-0.2, 0) is 6.42 Å². The molecule has 0 atom stereocenters. The lowest BCUT2D eigenvalue weighted by molar-refractivity contribution is 0.140. The molecule has 1 saturated carbocycles. The van der Waals surface area contributed by atoms with Crippen LogP contribution in [0.2, 0.25) is 0 Å². The number of hydrogen-bond donors (Lipinski definition) is 1. The zero-order valence-corrected chi connectivity index (χ0v) is 9.19. The highest BCUT2D eigenvalue weighted by molar-refractivity contribution is 5.78. The lowest BCUT2D eigenvalue weighted by atomic mass is 10.0. The van der Waals surface area contributed by atoms with Crippen molar-refractivity contribution >= 4 is 10.9 Å². The van der Waals surface area contributed by atoms with Gasteiger partial charge in [0.2, 0.25) is 0 Å². The lowest BCUT2D eigenvalue weighted by Crippen LogP contribution is -2.07. The molecule has 1 aromatic carbocycles. The van der Waals surface area contributed by atoms with Gasteiger partial charge < -0.3 is 5.11 Å². The summed E-state index contributed by atoms with van der Waals surface area (Å²) < 4.78 is 0. The second kappa shape index (κ2) is 3.56. The molecule has 0 unspecified atom stereocenters. The van der Waals surface area contributed by atoms with Crippen LogP contribution in [0.25, 0.3) is 10.9 Å². The predicted molar refractivity (Wildman–Crippen MR) is 64.2 cm³/mol. The smallest absolute Gasteiger partial charge is 0.0702 e. The molecular weight excluding hydrogens is 198 g/mol. The third-order valence-electron chi connectivity index (χ3n) is 3.37. The lowest BCUT2D eigenvalue weighted by Gasteiger charge is -2.07. The van der Waals surface area contributed by atoms with E-state index in [2.05, 4.69) is 29.2 Å². The number of aryl methyl sites for hydroxylation is 1. The van der Waals surface area contributed by atoms with Crippen LogP contribution in [0, 0.1) is 0 Å². The molecule has 0 radical (unpaired) electrons. The largest absolute Gasteiger partial charge is 0.390 e. The van der Waals surface area contributed by atoms with Crippen LogP contribution in [0.4, 0.5) is 0 Å². The van der Waals surface area contributed by atoms with E-state index < -0.39 is 0 Å². The minimum atomic E-state index is -0.343. The molecular formula is C14H15NO. The van der Waals surface area contributed by atoms with Crippen molar-refractivity contribution in [3.8, 4) is 0 Å². The zero-order valence-electron chi connectivity index (χ0n) is 9.19. The molecule has 1 heterocycles. The monoisotopic (exact) mass is 213 g/mol. The Bertz CT molecular complexity index is 517. The van der Waals surface area contributed by atoms with E-state index in [1.165, 1.54) is 10.9 Å². The normalized spacial score (nSPS) is 17.6. The highest BCUT2D eigenvalue weighted by atomic mass is 16.3. The fraction of sp³-hybridized carbons (Fsp3) is 0.357. The third-order valence-corrected chi connectivity index (χ3v) is 3.37. The Kier molecular flexibility index (Phi) is 2.18. The molecule has 2 heteroatoms. The number of fused-ring (bicyclic) bond motifs is 1. The van der Waals surface area contributed by atoms with E-state index >= 15 is 0 Å². The summed E-state index contributed by atoms with van der Waals surface area (Å²) in [6.07, 6.45) is 5.61. The number of aromatic nitrogens is 1. The number of benzene rings is 1. The van der Waals surface area contributed by atoms with Gasteiger partial charge in [-0.05, 0) is 49.4 Å². The van der Waals surface area contributed by atoms with Crippen LogP contribution < -0.4 is 0 Å². The molecule has 1 aliphatic rings. The molecule has 0 amide bonds. The second-order valence-electron chi connectivity index (χ2n) is 4.75. The van der Waals surface area contributed by atoms with E-state index in [0.29, 0.717) is 0 Å². The topological polar surface area (TPSA) is 33.1 Å². The van der Waals surface area contributed by atoms with E-state index in [-0.39, 0.29) is 5.60 Å². The molecule has 16 heavy (non-hydrogen) atoms. The number of hydrogen-bond acceptors (Lipinski definition) is 2. The maximum Gasteiger partial charge on any atom is 0.0702 e. The molecule has 2 aromatic rings. The Morgan fingerprint density at radius 2 is 2.12 bits per heavy atom. The van der Waals surface area contributed by atoms with Gasteiger partial charge in [0.25, 0.3) is 0 Å². The molecule has 0 aliphatic heterocycles. The Labute approximate surface area is 94.9 Å². The minimum absolute atomic E-state index is 0.343. The second-order valence-corrected chi connectivity index (χ2v) is 4.75. The van der Waals surface area contributed by atoms with E-state index in [1.807, 2.05) is 12.3 Å². The van der Waals surface area contributed by atoms with E-state index in [1.54, 1.807) is 0 Å². The van der Waals surface area contributed by atoms with Crippen molar-refractivity contribution in [2.24, 2.45) is 0 Å². The number of rotatable bonds is 3. The summed E-state index contributed by atoms with van der Waals surface area (Å²) in [6.45, 7) is 0. The van der Waals surface area contributed by atoms with Gasteiger partial charge in [-0.15, -0.1) is 0 Å². The predicted octanol–water partition coefficient (Wildman–Crippen LogP) is 2.69. The van der Waals surface area contributed by atoms with Crippen molar-refractivity contribution in [2.45, 2.75) is 31.3 Å². The average molecular weight is 213 g/mol. The van der Waals surface area contributed by atoms with Gasteiger partial charge in [0.15, 0.2) is 0 Å². The molecule has 1 N–H and O–H groups in total. The fourth-order valence-electron chi connectivity index (χ4n) is 2.05. The summed E-state index contributed by atoms with van der Waals surface area (Å²) in [5, 5.41) is 11.0. The molecule has 0 bridgehead atoms. The highest BCUT2D eigenvalue weighted by Crippen LogP contribution is 2.39. The Balaban J connectivity index is 1.81. The minimum Gasteiger partial charge on any atom is -0.390 e. The standard InChI is InChI=1S/C14H15NO/c16-14(7-8-14)6-5-11-3-4-13-12(10-11)2-1-9-15-13/h1-4,9-10,16H,5-8H2. The van der Waals surface area contributed by atoms with Crippen LogP contribution in [0.1, 0.15) is 24.8 Å². The van der Waals surface area contributed by atoms with Crippen LogP contribution in [-0.4, -0.2) is 15.7 Å². The van der Waals surface area contributed by atoms with Crippen LogP contribution in [0.15, 0.2) is 36.5 Å². The number of pyridine rings is 1. The average Bonchev–Trinajstić information content (AvgIpc) is 3.05. The zero-order chi connectivity index (χ0) is 11.0. The van der Waals surface area contributed by atoms with Crippen molar-refractivity contribution in [1.82, 2.24) is 4.98 Å². The van der Waals surface area contributed by atoms with Gasteiger partial charge >= 0.3 is 0 Å². The van der Waals surface area contributed by atoms with Crippen molar-refractivity contribution in [2.75, 3.05) is 0 Å². The maximum absolute atomic E-state index is 9.79. The molecule has 1 fully saturated rings. The van der Waals surface area contributed by atoms with Crippen LogP contribution in [0.3, 0.4) is 0 Å². The highest BCUT2D eigenvalue weighted by Gasteiger charge is 2.39. The molecule has 0 spiro atoms. The summed E-state index contributed by atoms with van der Waals surface area (Å²) in [5.74, 6) is 0. The summed E-state index contributed by atoms with van der Waals surface area (Å²) in [4.78, 5) is 4.29. The summed E-state index contributed by atoms with van der Waals surface area (Å²) in [5.41, 5.74) is 1.99. The SMILES string of the molecule is OC1(CCc2ccc3ncccc3c2)CC1. The van der Waals surface area contributed by atoms with E-state index in [9.17, 15) is 5.11 Å². The maximum atomic E-state index is 9.79. The summed E-state index contributed by atoms with van der Waals surface area (Å²) in [6, 6.07) is 10.4. The summed E-state index contributed by atoms with van der Waals surface area (Å²) in [7, 11) is 0. The fourth-order valence-corrected chi connectivity index (χ4v) is 2.05. The van der Waals surface area contributed by atoms with Gasteiger partial charge in [0.05, 0.1) is 11.1 Å². The van der Waals surface area contributed by atoms with Gasteiger partial charge in [-0.2, -0.15) is 0 Å². The first-order valence-corrected chi connectivity index (χ1v) is 5.81. The summed E-state index contributed by atoms with van der Waals surface area (Å²) >= 11 is 0. The van der Waals surface area contributed by atoms with Crippen molar-refractivity contribution in [3.05, 3.63) is 42.1 Å². The first kappa shape index (κ1) is 9.79. The molecule has 1 aliphatic carbocycles. The first-order chi connectivity index (χ1) is 7.75. The molecule has 0 saturated heterocycles. The number of nitrogens with zero attached hydrogens (tertiary/aromatic N) is 1. The van der Waals surface area contributed by atoms with Gasteiger partial charge in [0.1, 0.15) is 0 Å². The molecule has 2 nitrogen and oxygen atoms in total. The van der Waals surface area contributed by atoms with E-state index in [0.717, 1.165) is 31.2 Å². The Morgan fingerprint density at radius 1 is 1.25 bits per heavy atom. The van der Waals surface area contributed by atoms with Crippen molar-refractivity contribution < 1.29 is 5.11 Å². The third kappa shape index (κ3) is 1.93. The van der Waals surface area contributed by atoms with Crippen molar-refractivity contribution in [3.63, 3.8) is 0 Å². The Hall–Kier alpha value is -1.41. The molecule has 3 rings (SSSR count). The van der Waals surface area contributed by atoms with E-state index in [4.69, 9.17) is 0 Å². The first-order valence-electron chi connectivity index (χ1n) is 5.81. The Morgan fingerprint density at radius 3 is 2.94 bits per heavy atom. The van der Waals surface area contributed by atoms with Crippen LogP contribution in [0.5, 0.6) is 0 Å². The van der Waals surface area contributed by atoms with Crippen molar-refractivity contribution in [1.29, 1.82) is 0 Å². The van der Waals surface area contributed by atoms with Crippen LogP contribution >= 0.6 is 0 Å². The molecule has 1 aromatic heterocycles. The van der Waals surface area contributed by atoms with Gasteiger partial charge in [-0.25, -0.2) is 0 Å². The van der Waals surface area contributed by atoms with Gasteiger partial charge in [-0.1, -0.05) is 12.1 Å².